The van der Waals surface area contributed by atoms with E-state index < -0.39 is 0 Å². The molecule has 23 heavy (non-hydrogen) atoms. The Bertz CT molecular complexity index is 1170. The summed E-state index contributed by atoms with van der Waals surface area (Å²) < 4.78 is 0. The molecule has 2 heteroatoms. The van der Waals surface area contributed by atoms with Gasteiger partial charge in [-0.05, 0) is 29.0 Å². The van der Waals surface area contributed by atoms with Crippen LogP contribution in [-0.4, -0.2) is 9.97 Å². The highest BCUT2D eigenvalue weighted by atomic mass is 14.7. The van der Waals surface area contributed by atoms with Gasteiger partial charge in [0.15, 0.2) is 0 Å². The molecule has 0 spiro atoms. The topological polar surface area (TPSA) is 28.7 Å². The van der Waals surface area contributed by atoms with Crippen molar-refractivity contribution in [3.63, 3.8) is 0 Å². The van der Waals surface area contributed by atoms with Crippen molar-refractivity contribution in [3.8, 4) is 11.1 Å². The molecule has 3 aromatic carbocycles. The van der Waals surface area contributed by atoms with Crippen LogP contribution in [0.5, 0.6) is 0 Å². The van der Waals surface area contributed by atoms with Crippen molar-refractivity contribution >= 4 is 32.6 Å². The molecule has 1 N–H and O–H groups in total. The predicted octanol–water partition coefficient (Wildman–Crippen LogP) is 5.54. The van der Waals surface area contributed by atoms with Crippen molar-refractivity contribution in [2.45, 2.75) is 0 Å². The fraction of sp³-hybridized carbons (Fsp3) is 0. The van der Waals surface area contributed by atoms with E-state index in [-0.39, 0.29) is 0 Å². The maximum atomic E-state index is 4.68. The summed E-state index contributed by atoms with van der Waals surface area (Å²) in [6.07, 6.45) is 4.03. The van der Waals surface area contributed by atoms with Gasteiger partial charge in [0.2, 0.25) is 0 Å². The normalized spacial score (nSPS) is 11.5. The quantitative estimate of drug-likeness (QED) is 0.404. The van der Waals surface area contributed by atoms with Crippen LogP contribution in [0.1, 0.15) is 0 Å². The van der Waals surface area contributed by atoms with Crippen LogP contribution in [0.3, 0.4) is 0 Å². The van der Waals surface area contributed by atoms with Crippen molar-refractivity contribution < 1.29 is 0 Å². The van der Waals surface area contributed by atoms with E-state index >= 15 is 0 Å². The Morgan fingerprint density at radius 3 is 2.52 bits per heavy atom. The van der Waals surface area contributed by atoms with Gasteiger partial charge in [0.25, 0.3) is 0 Å². The van der Waals surface area contributed by atoms with Crippen LogP contribution in [0, 0.1) is 0 Å². The summed E-state index contributed by atoms with van der Waals surface area (Å²) in [5.74, 6) is 0. The van der Waals surface area contributed by atoms with Crippen LogP contribution in [0.2, 0.25) is 0 Å². The zero-order chi connectivity index (χ0) is 15.2. The number of hydrogen-bond acceptors (Lipinski definition) is 1. The highest BCUT2D eigenvalue weighted by Gasteiger charge is 2.08. The minimum atomic E-state index is 1.03. The number of rotatable bonds is 1. The first-order valence-corrected chi connectivity index (χ1v) is 7.74. The summed E-state index contributed by atoms with van der Waals surface area (Å²) in [6.45, 7) is 0. The molecular weight excluding hydrogens is 280 g/mol. The second-order valence-corrected chi connectivity index (χ2v) is 5.83. The molecule has 2 aromatic heterocycles. The fourth-order valence-electron chi connectivity index (χ4n) is 3.34. The summed E-state index contributed by atoms with van der Waals surface area (Å²) >= 11 is 0. The van der Waals surface area contributed by atoms with E-state index in [2.05, 4.69) is 82.9 Å². The Kier molecular flexibility index (Phi) is 2.53. The number of benzene rings is 3. The number of nitrogens with one attached hydrogen (secondary N) is 1. The van der Waals surface area contributed by atoms with Crippen LogP contribution < -0.4 is 0 Å². The van der Waals surface area contributed by atoms with Crippen LogP contribution in [0.15, 0.2) is 79.1 Å². The fourth-order valence-corrected chi connectivity index (χ4v) is 3.34. The number of aromatic nitrogens is 2. The molecule has 0 saturated heterocycles. The summed E-state index contributed by atoms with van der Waals surface area (Å²) in [5.41, 5.74) is 4.53. The van der Waals surface area contributed by atoms with Crippen molar-refractivity contribution in [1.29, 1.82) is 0 Å². The predicted molar refractivity (Wildman–Crippen MR) is 96.5 cm³/mol. The minimum absolute atomic E-state index is 1.03. The third-order valence-electron chi connectivity index (χ3n) is 4.49. The van der Waals surface area contributed by atoms with Crippen LogP contribution >= 0.6 is 0 Å². The lowest BCUT2D eigenvalue weighted by atomic mass is 10.0. The molecule has 2 heterocycles. The van der Waals surface area contributed by atoms with Crippen molar-refractivity contribution in [3.05, 3.63) is 79.1 Å². The number of pyridine rings is 1. The van der Waals surface area contributed by atoms with Crippen molar-refractivity contribution in [1.82, 2.24) is 9.97 Å². The molecular formula is C21H14N2. The average Bonchev–Trinajstić information content (AvgIpc) is 3.05. The molecule has 0 aliphatic heterocycles. The zero-order valence-corrected chi connectivity index (χ0v) is 12.5. The third kappa shape index (κ3) is 1.85. The van der Waals surface area contributed by atoms with Gasteiger partial charge in [0.1, 0.15) is 0 Å². The van der Waals surface area contributed by atoms with E-state index in [0.29, 0.717) is 0 Å². The van der Waals surface area contributed by atoms with E-state index in [0.717, 1.165) is 16.6 Å². The lowest BCUT2D eigenvalue weighted by molar-refractivity contribution is 1.41. The minimum Gasteiger partial charge on any atom is -0.361 e. The molecule has 0 atom stereocenters. The Morgan fingerprint density at radius 1 is 0.739 bits per heavy atom. The van der Waals surface area contributed by atoms with Crippen LogP contribution in [0.4, 0.5) is 0 Å². The highest BCUT2D eigenvalue weighted by molar-refractivity contribution is 6.08. The highest BCUT2D eigenvalue weighted by Crippen LogP contribution is 2.32. The van der Waals surface area contributed by atoms with Gasteiger partial charge >= 0.3 is 0 Å². The number of fused-ring (bicyclic) bond motifs is 4. The SMILES string of the molecule is c1ccc2c(c1)ccc1ncc(-c3c[nH]c4ccccc34)cc12. The molecule has 0 aliphatic rings. The van der Waals surface area contributed by atoms with Gasteiger partial charge in [-0.3, -0.25) is 4.98 Å². The van der Waals surface area contributed by atoms with Gasteiger partial charge in [-0.2, -0.15) is 0 Å². The van der Waals surface area contributed by atoms with Crippen LogP contribution in [-0.2, 0) is 0 Å². The Balaban J connectivity index is 1.84. The first-order chi connectivity index (χ1) is 11.4. The van der Waals surface area contributed by atoms with Gasteiger partial charge in [-0.25, -0.2) is 0 Å². The van der Waals surface area contributed by atoms with Crippen molar-refractivity contribution in [2.75, 3.05) is 0 Å². The molecule has 5 rings (SSSR count). The van der Waals surface area contributed by atoms with Gasteiger partial charge in [0, 0.05) is 39.8 Å². The van der Waals surface area contributed by atoms with Gasteiger partial charge in [0.05, 0.1) is 5.52 Å². The number of H-pyrrole nitrogens is 1. The molecule has 0 saturated carbocycles. The van der Waals surface area contributed by atoms with E-state index in [1.807, 2.05) is 6.20 Å². The molecule has 5 aromatic rings. The van der Waals surface area contributed by atoms with Gasteiger partial charge < -0.3 is 4.98 Å². The first-order valence-electron chi connectivity index (χ1n) is 7.74. The summed E-state index contributed by atoms with van der Waals surface area (Å²) in [7, 11) is 0. The number of nitrogens with zero attached hydrogens (tertiary/aromatic N) is 1. The first kappa shape index (κ1) is 12.4. The second kappa shape index (κ2) is 4.68. The Hall–Kier alpha value is -3.13. The standard InChI is InChI=1S/C21H14N2/c1-2-6-16-14(5-1)9-10-21-18(16)11-15(12-22-21)19-13-23-20-8-4-3-7-17(19)20/h1-13,23H. The lowest BCUT2D eigenvalue weighted by Crippen LogP contribution is -1.84. The van der Waals surface area contributed by atoms with Crippen LogP contribution in [0.25, 0.3) is 43.7 Å². The average molecular weight is 294 g/mol. The molecule has 0 unspecified atom stereocenters. The third-order valence-corrected chi connectivity index (χ3v) is 4.49. The van der Waals surface area contributed by atoms with E-state index in [1.165, 1.54) is 27.1 Å². The molecule has 0 amide bonds. The molecule has 0 bridgehead atoms. The molecule has 108 valence electrons. The van der Waals surface area contributed by atoms with Gasteiger partial charge in [-0.1, -0.05) is 48.5 Å². The maximum Gasteiger partial charge on any atom is 0.0708 e. The molecule has 0 fully saturated rings. The summed E-state index contributed by atoms with van der Waals surface area (Å²) in [5, 5.41) is 4.93. The molecule has 2 nitrogen and oxygen atoms in total. The second-order valence-electron chi connectivity index (χ2n) is 5.83. The summed E-state index contributed by atoms with van der Waals surface area (Å²) in [6, 6.07) is 23.3. The monoisotopic (exact) mass is 294 g/mol. The van der Waals surface area contributed by atoms with E-state index in [4.69, 9.17) is 0 Å². The number of para-hydroxylation sites is 1. The Morgan fingerprint density at radius 2 is 1.57 bits per heavy atom. The summed E-state index contributed by atoms with van der Waals surface area (Å²) in [4.78, 5) is 8.02. The number of aromatic amines is 1. The molecule has 0 radical (unpaired) electrons. The zero-order valence-electron chi connectivity index (χ0n) is 12.5. The largest absolute Gasteiger partial charge is 0.361 e. The number of hydrogen-bond donors (Lipinski definition) is 1. The smallest absolute Gasteiger partial charge is 0.0708 e. The Labute approximate surface area is 133 Å². The lowest BCUT2D eigenvalue weighted by Gasteiger charge is -2.06. The van der Waals surface area contributed by atoms with Crippen molar-refractivity contribution in [2.24, 2.45) is 0 Å². The van der Waals surface area contributed by atoms with E-state index in [1.54, 1.807) is 0 Å². The van der Waals surface area contributed by atoms with E-state index in [9.17, 15) is 0 Å². The van der Waals surface area contributed by atoms with Gasteiger partial charge in [-0.15, -0.1) is 0 Å². The maximum absolute atomic E-state index is 4.68. The molecule has 0 aliphatic carbocycles.